The van der Waals surface area contributed by atoms with E-state index in [2.05, 4.69) is 0 Å². The summed E-state index contributed by atoms with van der Waals surface area (Å²) < 4.78 is 6.22. The zero-order chi connectivity index (χ0) is 24.4. The van der Waals surface area contributed by atoms with Crippen LogP contribution in [0.5, 0.6) is 0 Å². The molecule has 6 heteroatoms. The van der Waals surface area contributed by atoms with E-state index in [0.29, 0.717) is 22.1 Å². The van der Waals surface area contributed by atoms with Gasteiger partial charge in [0, 0.05) is 16.8 Å². The molecule has 4 rings (SSSR count). The summed E-state index contributed by atoms with van der Waals surface area (Å²) in [4.78, 5) is 24.9. The fourth-order valence-corrected chi connectivity index (χ4v) is 4.19. The molecule has 0 fully saturated rings. The van der Waals surface area contributed by atoms with Crippen LogP contribution in [-0.4, -0.2) is 16.8 Å². The molecule has 0 bridgehead atoms. The van der Waals surface area contributed by atoms with Crippen molar-refractivity contribution in [2.45, 2.75) is 26.2 Å². The van der Waals surface area contributed by atoms with Crippen LogP contribution in [0.25, 0.3) is 22.3 Å². The Bertz CT molecular complexity index is 1530. The third-order valence-corrected chi connectivity index (χ3v) is 5.84. The van der Waals surface area contributed by atoms with E-state index >= 15 is 0 Å². The first-order chi connectivity index (χ1) is 16.3. The van der Waals surface area contributed by atoms with Crippen LogP contribution in [0, 0.1) is 23.7 Å². The summed E-state index contributed by atoms with van der Waals surface area (Å²) in [6.45, 7) is 3.77. The summed E-state index contributed by atoms with van der Waals surface area (Å²) >= 11 is 0. The van der Waals surface area contributed by atoms with Crippen molar-refractivity contribution in [1.29, 1.82) is 10.7 Å². The van der Waals surface area contributed by atoms with Crippen LogP contribution < -0.4 is 5.43 Å². The second-order valence-electron chi connectivity index (χ2n) is 8.28. The van der Waals surface area contributed by atoms with E-state index in [1.165, 1.54) is 6.07 Å². The fraction of sp³-hybridized carbons (Fsp3) is 0.143. The zero-order valence-electron chi connectivity index (χ0n) is 18.8. The Morgan fingerprint density at radius 2 is 1.74 bits per heavy atom. The predicted molar refractivity (Wildman–Crippen MR) is 131 cm³/mol. The molecule has 4 aromatic rings. The highest BCUT2D eigenvalue weighted by Crippen LogP contribution is 2.33. The number of benzene rings is 3. The second-order valence-corrected chi connectivity index (χ2v) is 8.28. The summed E-state index contributed by atoms with van der Waals surface area (Å²) in [5.41, 5.74) is 2.72. The first kappa shape index (κ1) is 22.7. The molecule has 6 nitrogen and oxygen atoms in total. The summed E-state index contributed by atoms with van der Waals surface area (Å²) in [7, 11) is 0. The van der Waals surface area contributed by atoms with Gasteiger partial charge in [-0.25, -0.2) is 4.79 Å². The van der Waals surface area contributed by atoms with Crippen molar-refractivity contribution >= 4 is 22.7 Å². The van der Waals surface area contributed by atoms with Gasteiger partial charge in [0.15, 0.2) is 5.76 Å². The van der Waals surface area contributed by atoms with E-state index in [1.54, 1.807) is 48.5 Å². The van der Waals surface area contributed by atoms with Gasteiger partial charge in [-0.1, -0.05) is 61.5 Å². The lowest BCUT2D eigenvalue weighted by Gasteiger charge is -2.17. The highest BCUT2D eigenvalue weighted by atomic mass is 16.4. The molecule has 0 aliphatic rings. The van der Waals surface area contributed by atoms with Crippen LogP contribution in [0.15, 0.2) is 75.9 Å². The molecule has 1 atom stereocenters. The summed E-state index contributed by atoms with van der Waals surface area (Å²) in [5.74, 6) is -1.13. The topological polar surface area (TPSA) is 115 Å². The van der Waals surface area contributed by atoms with E-state index in [1.807, 2.05) is 32.0 Å². The van der Waals surface area contributed by atoms with Crippen molar-refractivity contribution in [3.05, 3.63) is 105 Å². The van der Waals surface area contributed by atoms with Gasteiger partial charge >= 0.3 is 5.97 Å². The number of rotatable bonds is 6. The van der Waals surface area contributed by atoms with Gasteiger partial charge in [-0.15, -0.1) is 0 Å². The van der Waals surface area contributed by atoms with E-state index in [4.69, 9.17) is 9.83 Å². The van der Waals surface area contributed by atoms with Crippen LogP contribution in [0.1, 0.15) is 51.9 Å². The van der Waals surface area contributed by atoms with Crippen LogP contribution in [-0.2, 0) is 0 Å². The third kappa shape index (κ3) is 4.12. The molecule has 0 saturated carbocycles. The van der Waals surface area contributed by atoms with Crippen molar-refractivity contribution in [3.8, 4) is 17.4 Å². The molecule has 1 aromatic heterocycles. The summed E-state index contributed by atoms with van der Waals surface area (Å²) in [6.07, 6.45) is 0.243. The van der Waals surface area contributed by atoms with Crippen molar-refractivity contribution in [2.24, 2.45) is 0 Å². The normalized spacial score (nSPS) is 11.7. The Hall–Kier alpha value is -4.50. The Balaban J connectivity index is 1.85. The maximum atomic E-state index is 13.3. The van der Waals surface area contributed by atoms with Crippen molar-refractivity contribution in [3.63, 3.8) is 0 Å². The lowest BCUT2D eigenvalue weighted by Crippen LogP contribution is -2.13. The molecule has 0 spiro atoms. The molecule has 168 valence electrons. The molecular formula is C28H22N2O4. The van der Waals surface area contributed by atoms with Gasteiger partial charge in [-0.2, -0.15) is 5.26 Å². The quantitative estimate of drug-likeness (QED) is 0.355. The van der Waals surface area contributed by atoms with E-state index in [9.17, 15) is 20.0 Å². The monoisotopic (exact) mass is 450 g/mol. The zero-order valence-corrected chi connectivity index (χ0v) is 18.8. The highest BCUT2D eigenvalue weighted by molar-refractivity contribution is 6.07. The fourth-order valence-electron chi connectivity index (χ4n) is 4.19. The number of nitrogens with zero attached hydrogens (tertiary/aromatic N) is 1. The number of aryl methyl sites for hydroxylation is 1. The molecule has 0 amide bonds. The molecule has 0 saturated heterocycles. The molecule has 3 aromatic carbocycles. The lowest BCUT2D eigenvalue weighted by atomic mass is 9.89. The lowest BCUT2D eigenvalue weighted by molar-refractivity contribution is 0.0696. The average Bonchev–Trinajstić information content (AvgIpc) is 2.84. The van der Waals surface area contributed by atoms with Gasteiger partial charge in [0.25, 0.3) is 0 Å². The first-order valence-corrected chi connectivity index (χ1v) is 10.8. The number of nitrogens with one attached hydrogen (secondary N) is 1. The van der Waals surface area contributed by atoms with Gasteiger partial charge in [0.05, 0.1) is 10.9 Å². The smallest absolute Gasteiger partial charge is 0.336 e. The van der Waals surface area contributed by atoms with Crippen LogP contribution in [0.4, 0.5) is 0 Å². The Kier molecular flexibility index (Phi) is 6.11. The standard InChI is InChI=1S/C28H22N2O4/c1-16-12-21(17(2)14-24(30)19-10-6-7-11-20(19)28(32)33)27-22(13-16)25(31)23(15-29)26(34-27)18-8-4-3-5-9-18/h3-13,17,30H,14H2,1-2H3,(H,32,33). The first-order valence-electron chi connectivity index (χ1n) is 10.8. The number of aromatic carboxylic acids is 1. The minimum atomic E-state index is -1.09. The van der Waals surface area contributed by atoms with E-state index < -0.39 is 11.4 Å². The number of hydrogen-bond acceptors (Lipinski definition) is 5. The second kappa shape index (κ2) is 9.16. The molecule has 1 heterocycles. The Morgan fingerprint density at radius 1 is 1.09 bits per heavy atom. The Morgan fingerprint density at radius 3 is 2.38 bits per heavy atom. The number of hydrogen-bond donors (Lipinski definition) is 2. The Labute approximate surface area is 196 Å². The van der Waals surface area contributed by atoms with Gasteiger partial charge in [0.1, 0.15) is 17.2 Å². The van der Waals surface area contributed by atoms with Crippen LogP contribution in [0.2, 0.25) is 0 Å². The number of carboxylic acid groups (broad SMARTS) is 1. The molecule has 0 aliphatic heterocycles. The minimum absolute atomic E-state index is 0.0500. The average molecular weight is 450 g/mol. The van der Waals surface area contributed by atoms with Crippen LogP contribution >= 0.6 is 0 Å². The van der Waals surface area contributed by atoms with E-state index in [0.717, 1.165) is 11.1 Å². The van der Waals surface area contributed by atoms with Crippen LogP contribution in [0.3, 0.4) is 0 Å². The van der Waals surface area contributed by atoms with Crippen molar-refractivity contribution in [2.75, 3.05) is 0 Å². The number of carboxylic acids is 1. The third-order valence-electron chi connectivity index (χ3n) is 5.84. The predicted octanol–water partition coefficient (Wildman–Crippen LogP) is 5.90. The largest absolute Gasteiger partial charge is 0.478 e. The molecule has 1 unspecified atom stereocenters. The number of fused-ring (bicyclic) bond motifs is 1. The number of nitriles is 1. The summed E-state index contributed by atoms with van der Waals surface area (Å²) in [6, 6.07) is 21.1. The molecule has 0 aliphatic carbocycles. The van der Waals surface area contributed by atoms with Gasteiger partial charge in [-0.05, 0) is 42.5 Å². The molecule has 34 heavy (non-hydrogen) atoms. The van der Waals surface area contributed by atoms with Gasteiger partial charge < -0.3 is 14.9 Å². The molecular weight excluding hydrogens is 428 g/mol. The summed E-state index contributed by atoms with van der Waals surface area (Å²) in [5, 5.41) is 28.1. The SMILES string of the molecule is Cc1cc(C(C)CC(=N)c2ccccc2C(=O)O)c2oc(-c3ccccc3)c(C#N)c(=O)c2c1. The highest BCUT2D eigenvalue weighted by Gasteiger charge is 2.22. The molecule has 2 N–H and O–H groups in total. The van der Waals surface area contributed by atoms with Crippen molar-refractivity contribution in [1.82, 2.24) is 0 Å². The molecule has 0 radical (unpaired) electrons. The van der Waals surface area contributed by atoms with Crippen molar-refractivity contribution < 1.29 is 14.3 Å². The maximum Gasteiger partial charge on any atom is 0.336 e. The number of carbonyl (C=O) groups is 1. The van der Waals surface area contributed by atoms with Gasteiger partial charge in [0.2, 0.25) is 5.43 Å². The minimum Gasteiger partial charge on any atom is -0.478 e. The van der Waals surface area contributed by atoms with E-state index in [-0.39, 0.29) is 34.9 Å². The maximum absolute atomic E-state index is 13.3. The van der Waals surface area contributed by atoms with Gasteiger partial charge in [-0.3, -0.25) is 4.79 Å².